The van der Waals surface area contributed by atoms with E-state index in [1.165, 1.54) is 0 Å². The first kappa shape index (κ1) is 15.2. The van der Waals surface area contributed by atoms with Crippen LogP contribution in [0.25, 0.3) is 0 Å². The molecule has 0 radical (unpaired) electrons. The number of aryl methyl sites for hydroxylation is 1. The van der Waals surface area contributed by atoms with Crippen LogP contribution in [0.4, 0.5) is 0 Å². The maximum atomic E-state index is 5.94. The van der Waals surface area contributed by atoms with Gasteiger partial charge in [0.05, 0.1) is 10.0 Å². The molecule has 0 atom stereocenters. The van der Waals surface area contributed by atoms with Crippen LogP contribution in [-0.2, 0) is 13.2 Å². The fourth-order valence-corrected chi connectivity index (χ4v) is 2.10. The van der Waals surface area contributed by atoms with Crippen molar-refractivity contribution < 1.29 is 9.15 Å². The van der Waals surface area contributed by atoms with Crippen LogP contribution in [0.1, 0.15) is 24.0 Å². The third-order valence-electron chi connectivity index (χ3n) is 2.91. The number of hydrogen-bond donors (Lipinski definition) is 1. The van der Waals surface area contributed by atoms with Crippen molar-refractivity contribution in [1.82, 2.24) is 5.32 Å². The van der Waals surface area contributed by atoms with Gasteiger partial charge >= 0.3 is 0 Å². The fourth-order valence-electron chi connectivity index (χ4n) is 1.82. The quantitative estimate of drug-likeness (QED) is 0.847. The Hall–Kier alpha value is -1.16. The number of hydrogen-bond acceptors (Lipinski definition) is 3. The Balaban J connectivity index is 1.98. The summed E-state index contributed by atoms with van der Waals surface area (Å²) >= 11 is 11.8. The number of ether oxygens (including phenoxy) is 1. The molecule has 0 amide bonds. The molecule has 1 aromatic heterocycles. The zero-order chi connectivity index (χ0) is 14.5. The van der Waals surface area contributed by atoms with Crippen LogP contribution >= 0.6 is 23.2 Å². The standard InChI is InChI=1S/C15H17Cl2NO2/c1-3-18-8-11-6-13(20-10(11)2)9-19-12-4-5-14(16)15(17)7-12/h4-7,18H,3,8-9H2,1-2H3. The second-order valence-corrected chi connectivity index (χ2v) is 5.25. The van der Waals surface area contributed by atoms with Gasteiger partial charge in [-0.25, -0.2) is 0 Å². The van der Waals surface area contributed by atoms with Crippen molar-refractivity contribution in [2.45, 2.75) is 27.0 Å². The molecule has 0 aliphatic heterocycles. The summed E-state index contributed by atoms with van der Waals surface area (Å²) in [5.74, 6) is 2.38. The number of nitrogens with one attached hydrogen (secondary N) is 1. The van der Waals surface area contributed by atoms with E-state index in [0.717, 1.165) is 30.2 Å². The molecular formula is C15H17Cl2NO2. The zero-order valence-corrected chi connectivity index (χ0v) is 13.0. The van der Waals surface area contributed by atoms with Gasteiger partial charge < -0.3 is 14.5 Å². The van der Waals surface area contributed by atoms with Crippen molar-refractivity contribution in [2.75, 3.05) is 6.54 Å². The first-order chi connectivity index (χ1) is 9.60. The SMILES string of the molecule is CCNCc1cc(COc2ccc(Cl)c(Cl)c2)oc1C. The molecule has 2 rings (SSSR count). The second-order valence-electron chi connectivity index (χ2n) is 4.44. The summed E-state index contributed by atoms with van der Waals surface area (Å²) in [6.07, 6.45) is 0. The van der Waals surface area contributed by atoms with E-state index < -0.39 is 0 Å². The summed E-state index contributed by atoms with van der Waals surface area (Å²) in [5.41, 5.74) is 1.15. The minimum Gasteiger partial charge on any atom is -0.486 e. The van der Waals surface area contributed by atoms with E-state index in [9.17, 15) is 0 Å². The summed E-state index contributed by atoms with van der Waals surface area (Å²) in [5, 5.41) is 4.27. The van der Waals surface area contributed by atoms with Gasteiger partial charge in [-0.15, -0.1) is 0 Å². The average Bonchev–Trinajstić information content (AvgIpc) is 2.78. The summed E-state index contributed by atoms with van der Waals surface area (Å²) in [6, 6.07) is 7.20. The van der Waals surface area contributed by atoms with Gasteiger partial charge in [0.25, 0.3) is 0 Å². The van der Waals surface area contributed by atoms with E-state index >= 15 is 0 Å². The fraction of sp³-hybridized carbons (Fsp3) is 0.333. The van der Waals surface area contributed by atoms with Gasteiger partial charge in [0.1, 0.15) is 23.9 Å². The topological polar surface area (TPSA) is 34.4 Å². The monoisotopic (exact) mass is 313 g/mol. The molecule has 2 aromatic rings. The van der Waals surface area contributed by atoms with Crippen LogP contribution < -0.4 is 10.1 Å². The maximum absolute atomic E-state index is 5.94. The molecule has 0 aliphatic rings. The molecule has 0 saturated heterocycles. The predicted octanol–water partition coefficient (Wildman–Crippen LogP) is 4.58. The summed E-state index contributed by atoms with van der Waals surface area (Å²) < 4.78 is 11.3. The molecule has 0 bridgehead atoms. The molecule has 0 unspecified atom stereocenters. The first-order valence-electron chi connectivity index (χ1n) is 6.47. The molecule has 108 valence electrons. The van der Waals surface area contributed by atoms with Gasteiger partial charge in [0.15, 0.2) is 0 Å². The Kier molecular flexibility index (Phi) is 5.35. The van der Waals surface area contributed by atoms with E-state index in [-0.39, 0.29) is 0 Å². The second kappa shape index (κ2) is 7.02. The molecule has 3 nitrogen and oxygen atoms in total. The molecule has 20 heavy (non-hydrogen) atoms. The molecule has 0 fully saturated rings. The minimum absolute atomic E-state index is 0.366. The normalized spacial score (nSPS) is 10.8. The first-order valence-corrected chi connectivity index (χ1v) is 7.22. The van der Waals surface area contributed by atoms with Gasteiger partial charge in [0.2, 0.25) is 0 Å². The number of benzene rings is 1. The Labute approximate surface area is 128 Å². The molecule has 5 heteroatoms. The number of furan rings is 1. The summed E-state index contributed by atoms with van der Waals surface area (Å²) in [7, 11) is 0. The largest absolute Gasteiger partial charge is 0.486 e. The van der Waals surface area contributed by atoms with Crippen molar-refractivity contribution >= 4 is 23.2 Å². The molecule has 1 aromatic carbocycles. The van der Waals surface area contributed by atoms with Crippen LogP contribution in [0, 0.1) is 6.92 Å². The highest BCUT2D eigenvalue weighted by atomic mass is 35.5. The van der Waals surface area contributed by atoms with E-state index in [2.05, 4.69) is 12.2 Å². The van der Waals surface area contributed by atoms with Crippen molar-refractivity contribution in [3.63, 3.8) is 0 Å². The molecule has 0 saturated carbocycles. The van der Waals surface area contributed by atoms with Crippen molar-refractivity contribution in [1.29, 1.82) is 0 Å². The van der Waals surface area contributed by atoms with E-state index in [1.54, 1.807) is 18.2 Å². The number of halogens is 2. The molecule has 0 spiro atoms. The lowest BCUT2D eigenvalue weighted by molar-refractivity contribution is 0.267. The maximum Gasteiger partial charge on any atom is 0.146 e. The van der Waals surface area contributed by atoms with Crippen LogP contribution in [0.5, 0.6) is 5.75 Å². The van der Waals surface area contributed by atoms with E-state index in [1.807, 2.05) is 13.0 Å². The third-order valence-corrected chi connectivity index (χ3v) is 3.65. The van der Waals surface area contributed by atoms with Crippen LogP contribution in [0.15, 0.2) is 28.7 Å². The lowest BCUT2D eigenvalue weighted by atomic mass is 10.2. The molecule has 1 N–H and O–H groups in total. The molecular weight excluding hydrogens is 297 g/mol. The van der Waals surface area contributed by atoms with Crippen molar-refractivity contribution in [3.05, 3.63) is 51.4 Å². The van der Waals surface area contributed by atoms with Crippen LogP contribution in [-0.4, -0.2) is 6.54 Å². The zero-order valence-electron chi connectivity index (χ0n) is 11.5. The van der Waals surface area contributed by atoms with Crippen molar-refractivity contribution in [3.8, 4) is 5.75 Å². The van der Waals surface area contributed by atoms with Crippen LogP contribution in [0.2, 0.25) is 10.0 Å². The Morgan fingerprint density at radius 1 is 1.20 bits per heavy atom. The van der Waals surface area contributed by atoms with Crippen LogP contribution in [0.3, 0.4) is 0 Å². The van der Waals surface area contributed by atoms with Gasteiger partial charge in [-0.1, -0.05) is 30.1 Å². The summed E-state index contributed by atoms with van der Waals surface area (Å²) in [4.78, 5) is 0. The highest BCUT2D eigenvalue weighted by Crippen LogP contribution is 2.27. The molecule has 1 heterocycles. The Morgan fingerprint density at radius 2 is 2.00 bits per heavy atom. The van der Waals surface area contributed by atoms with Gasteiger partial charge in [-0.2, -0.15) is 0 Å². The highest BCUT2D eigenvalue weighted by molar-refractivity contribution is 6.42. The average molecular weight is 314 g/mol. The van der Waals surface area contributed by atoms with Crippen molar-refractivity contribution in [2.24, 2.45) is 0 Å². The van der Waals surface area contributed by atoms with Gasteiger partial charge in [-0.3, -0.25) is 0 Å². The third kappa shape index (κ3) is 3.92. The predicted molar refractivity (Wildman–Crippen MR) is 81.6 cm³/mol. The number of rotatable bonds is 6. The van der Waals surface area contributed by atoms with Gasteiger partial charge in [0, 0.05) is 18.2 Å². The summed E-state index contributed by atoms with van der Waals surface area (Å²) in [6.45, 7) is 6.13. The molecule has 0 aliphatic carbocycles. The Morgan fingerprint density at radius 3 is 2.70 bits per heavy atom. The highest BCUT2D eigenvalue weighted by Gasteiger charge is 2.08. The minimum atomic E-state index is 0.366. The van der Waals surface area contributed by atoms with Gasteiger partial charge in [-0.05, 0) is 31.7 Å². The lowest BCUT2D eigenvalue weighted by Gasteiger charge is -2.05. The lowest BCUT2D eigenvalue weighted by Crippen LogP contribution is -2.11. The van der Waals surface area contributed by atoms with E-state index in [0.29, 0.717) is 22.4 Å². The smallest absolute Gasteiger partial charge is 0.146 e. The van der Waals surface area contributed by atoms with E-state index in [4.69, 9.17) is 32.4 Å². The Bertz CT molecular complexity index is 581.